The molecule has 0 unspecified atom stereocenters. The van der Waals surface area contributed by atoms with Gasteiger partial charge in [-0.2, -0.15) is 0 Å². The van der Waals surface area contributed by atoms with Crippen LogP contribution in [0.15, 0.2) is 4.42 Å². The maximum Gasteiger partial charge on any atom is 0.311 e. The number of aliphatic carboxylic acids is 1. The van der Waals surface area contributed by atoms with E-state index in [1.54, 1.807) is 6.92 Å². The SMILES string of the molecule is CCCc1nc(C)c(CC(=O)O)o1. The lowest BCUT2D eigenvalue weighted by Gasteiger charge is -1.90. The normalized spacial score (nSPS) is 10.3. The van der Waals surface area contributed by atoms with Crippen molar-refractivity contribution in [3.8, 4) is 0 Å². The largest absolute Gasteiger partial charge is 0.481 e. The smallest absolute Gasteiger partial charge is 0.311 e. The van der Waals surface area contributed by atoms with Gasteiger partial charge in [0.05, 0.1) is 5.69 Å². The molecule has 0 amide bonds. The third-order valence-electron chi connectivity index (χ3n) is 1.71. The zero-order chi connectivity index (χ0) is 9.84. The van der Waals surface area contributed by atoms with Crippen LogP contribution in [0.4, 0.5) is 0 Å². The van der Waals surface area contributed by atoms with Gasteiger partial charge >= 0.3 is 5.97 Å². The van der Waals surface area contributed by atoms with E-state index < -0.39 is 5.97 Å². The summed E-state index contributed by atoms with van der Waals surface area (Å²) in [4.78, 5) is 14.5. The molecule has 4 nitrogen and oxygen atoms in total. The summed E-state index contributed by atoms with van der Waals surface area (Å²) in [5.41, 5.74) is 0.686. The number of nitrogens with zero attached hydrogens (tertiary/aromatic N) is 1. The molecule has 0 atom stereocenters. The molecule has 0 bridgehead atoms. The fraction of sp³-hybridized carbons (Fsp3) is 0.556. The van der Waals surface area contributed by atoms with Crippen LogP contribution in [0.1, 0.15) is 30.7 Å². The molecule has 1 aromatic heterocycles. The zero-order valence-electron chi connectivity index (χ0n) is 7.83. The third-order valence-corrected chi connectivity index (χ3v) is 1.71. The van der Waals surface area contributed by atoms with Crippen molar-refractivity contribution < 1.29 is 14.3 Å². The molecule has 72 valence electrons. The van der Waals surface area contributed by atoms with E-state index in [-0.39, 0.29) is 6.42 Å². The number of carbonyl (C=O) groups is 1. The molecule has 0 aliphatic carbocycles. The van der Waals surface area contributed by atoms with E-state index in [1.807, 2.05) is 6.92 Å². The van der Waals surface area contributed by atoms with Gasteiger partial charge in [0.25, 0.3) is 0 Å². The molecule has 1 aromatic rings. The first-order valence-electron chi connectivity index (χ1n) is 4.30. The molecular formula is C9H13NO3. The second-order valence-electron chi connectivity index (χ2n) is 2.94. The van der Waals surface area contributed by atoms with Crippen molar-refractivity contribution in [1.82, 2.24) is 4.98 Å². The number of hydrogen-bond donors (Lipinski definition) is 1. The highest BCUT2D eigenvalue weighted by molar-refractivity contribution is 5.69. The van der Waals surface area contributed by atoms with Crippen LogP contribution in [0, 0.1) is 6.92 Å². The minimum Gasteiger partial charge on any atom is -0.481 e. The minimum atomic E-state index is -0.887. The average molecular weight is 183 g/mol. The molecular weight excluding hydrogens is 170 g/mol. The van der Waals surface area contributed by atoms with E-state index in [2.05, 4.69) is 4.98 Å². The fourth-order valence-corrected chi connectivity index (χ4v) is 1.11. The summed E-state index contributed by atoms with van der Waals surface area (Å²) in [6.07, 6.45) is 1.63. The Hall–Kier alpha value is -1.32. The fourth-order valence-electron chi connectivity index (χ4n) is 1.11. The van der Waals surface area contributed by atoms with Crippen molar-refractivity contribution in [3.63, 3.8) is 0 Å². The molecule has 0 fully saturated rings. The summed E-state index contributed by atoms with van der Waals surface area (Å²) in [5, 5.41) is 8.54. The summed E-state index contributed by atoms with van der Waals surface area (Å²) in [5.74, 6) is 0.217. The van der Waals surface area contributed by atoms with Crippen LogP contribution in [0.3, 0.4) is 0 Å². The number of carboxylic acids is 1. The Bertz CT molecular complexity index is 304. The van der Waals surface area contributed by atoms with Crippen molar-refractivity contribution in [1.29, 1.82) is 0 Å². The standard InChI is InChI=1S/C9H13NO3/c1-3-4-8-10-6(2)7(13-8)5-9(11)12/h3-5H2,1-2H3,(H,11,12). The van der Waals surface area contributed by atoms with Gasteiger partial charge in [-0.05, 0) is 13.3 Å². The van der Waals surface area contributed by atoms with Gasteiger partial charge < -0.3 is 9.52 Å². The average Bonchev–Trinajstić information content (AvgIpc) is 2.31. The van der Waals surface area contributed by atoms with Crippen molar-refractivity contribution in [2.24, 2.45) is 0 Å². The van der Waals surface area contributed by atoms with Gasteiger partial charge in [0.2, 0.25) is 0 Å². The second-order valence-corrected chi connectivity index (χ2v) is 2.94. The molecule has 0 aliphatic rings. The van der Waals surface area contributed by atoms with Gasteiger partial charge in [0.15, 0.2) is 5.89 Å². The highest BCUT2D eigenvalue weighted by atomic mass is 16.4. The van der Waals surface area contributed by atoms with E-state index in [1.165, 1.54) is 0 Å². The first-order valence-corrected chi connectivity index (χ1v) is 4.30. The first kappa shape index (κ1) is 9.77. The Morgan fingerprint density at radius 2 is 2.31 bits per heavy atom. The lowest BCUT2D eigenvalue weighted by atomic mass is 10.3. The van der Waals surface area contributed by atoms with Gasteiger partial charge in [-0.3, -0.25) is 4.79 Å². The molecule has 0 aliphatic heterocycles. The number of oxazole rings is 1. The lowest BCUT2D eigenvalue weighted by Crippen LogP contribution is -1.99. The predicted octanol–water partition coefficient (Wildman–Crippen LogP) is 1.56. The highest BCUT2D eigenvalue weighted by Crippen LogP contribution is 2.12. The van der Waals surface area contributed by atoms with Crippen LogP contribution in [-0.4, -0.2) is 16.1 Å². The van der Waals surface area contributed by atoms with E-state index in [9.17, 15) is 4.79 Å². The summed E-state index contributed by atoms with van der Waals surface area (Å²) in [6.45, 7) is 3.79. The number of carboxylic acid groups (broad SMARTS) is 1. The van der Waals surface area contributed by atoms with Crippen LogP contribution in [-0.2, 0) is 17.6 Å². The van der Waals surface area contributed by atoms with Crippen molar-refractivity contribution in [2.75, 3.05) is 0 Å². The summed E-state index contributed by atoms with van der Waals surface area (Å²) in [7, 11) is 0. The number of aromatic nitrogens is 1. The van der Waals surface area contributed by atoms with E-state index in [0.717, 1.165) is 12.8 Å². The Labute approximate surface area is 76.6 Å². The number of rotatable bonds is 4. The highest BCUT2D eigenvalue weighted by Gasteiger charge is 2.11. The van der Waals surface area contributed by atoms with Crippen molar-refractivity contribution >= 4 is 5.97 Å². The minimum absolute atomic E-state index is 0.0808. The topological polar surface area (TPSA) is 63.3 Å². The van der Waals surface area contributed by atoms with Gasteiger partial charge in [-0.25, -0.2) is 4.98 Å². The maximum atomic E-state index is 10.4. The lowest BCUT2D eigenvalue weighted by molar-refractivity contribution is -0.136. The van der Waals surface area contributed by atoms with E-state index >= 15 is 0 Å². The molecule has 4 heteroatoms. The Kier molecular flexibility index (Phi) is 3.06. The van der Waals surface area contributed by atoms with Crippen LogP contribution in [0.2, 0.25) is 0 Å². The summed E-state index contributed by atoms with van der Waals surface area (Å²) < 4.78 is 5.27. The molecule has 1 rings (SSSR count). The quantitative estimate of drug-likeness (QED) is 0.769. The third kappa shape index (κ3) is 2.57. The second kappa shape index (κ2) is 4.07. The molecule has 0 saturated carbocycles. The van der Waals surface area contributed by atoms with Gasteiger partial charge in [0.1, 0.15) is 12.2 Å². The Morgan fingerprint density at radius 1 is 1.62 bits per heavy atom. The van der Waals surface area contributed by atoms with Crippen LogP contribution >= 0.6 is 0 Å². The molecule has 0 radical (unpaired) electrons. The van der Waals surface area contributed by atoms with Crippen molar-refractivity contribution in [2.45, 2.75) is 33.1 Å². The van der Waals surface area contributed by atoms with Crippen molar-refractivity contribution in [3.05, 3.63) is 17.3 Å². The zero-order valence-corrected chi connectivity index (χ0v) is 7.83. The summed E-state index contributed by atoms with van der Waals surface area (Å²) >= 11 is 0. The van der Waals surface area contributed by atoms with E-state index in [4.69, 9.17) is 9.52 Å². The number of hydrogen-bond acceptors (Lipinski definition) is 3. The van der Waals surface area contributed by atoms with E-state index in [0.29, 0.717) is 17.3 Å². The monoisotopic (exact) mass is 183 g/mol. The molecule has 0 aromatic carbocycles. The van der Waals surface area contributed by atoms with Crippen LogP contribution < -0.4 is 0 Å². The van der Waals surface area contributed by atoms with Gasteiger partial charge in [0, 0.05) is 6.42 Å². The Morgan fingerprint density at radius 3 is 2.85 bits per heavy atom. The van der Waals surface area contributed by atoms with Crippen LogP contribution in [0.25, 0.3) is 0 Å². The Balaban J connectivity index is 2.77. The molecule has 1 N–H and O–H groups in total. The van der Waals surface area contributed by atoms with Crippen LogP contribution in [0.5, 0.6) is 0 Å². The first-order chi connectivity index (χ1) is 6.13. The molecule has 0 saturated heterocycles. The molecule has 13 heavy (non-hydrogen) atoms. The van der Waals surface area contributed by atoms with Gasteiger partial charge in [-0.1, -0.05) is 6.92 Å². The van der Waals surface area contributed by atoms with Gasteiger partial charge in [-0.15, -0.1) is 0 Å². The maximum absolute atomic E-state index is 10.4. The summed E-state index contributed by atoms with van der Waals surface area (Å²) in [6, 6.07) is 0. The molecule has 1 heterocycles. The number of aryl methyl sites for hydroxylation is 2. The molecule has 0 spiro atoms. The predicted molar refractivity (Wildman–Crippen MR) is 46.6 cm³/mol.